The molecule has 0 saturated carbocycles. The smallest absolute Gasteiger partial charge is 0.335 e. The lowest BCUT2D eigenvalue weighted by atomic mass is 10.1. The molecule has 0 aromatic heterocycles. The van der Waals surface area contributed by atoms with Crippen molar-refractivity contribution in [3.8, 4) is 5.75 Å². The number of hydrogen-bond donors (Lipinski definition) is 3. The van der Waals surface area contributed by atoms with Gasteiger partial charge in [0.15, 0.2) is 0 Å². The van der Waals surface area contributed by atoms with Crippen molar-refractivity contribution in [3.63, 3.8) is 0 Å². The zero-order valence-corrected chi connectivity index (χ0v) is 11.1. The maximum absolute atomic E-state index is 13.1. The Bertz CT molecular complexity index is 728. The van der Waals surface area contributed by atoms with Crippen molar-refractivity contribution in [1.29, 1.82) is 0 Å². The van der Waals surface area contributed by atoms with E-state index in [0.29, 0.717) is 11.3 Å². The third kappa shape index (κ3) is 3.17. The Morgan fingerprint density at radius 1 is 1.10 bits per heavy atom. The van der Waals surface area contributed by atoms with Gasteiger partial charge in [-0.3, -0.25) is 4.79 Å². The molecule has 6 heteroatoms. The van der Waals surface area contributed by atoms with Gasteiger partial charge in [-0.2, -0.15) is 0 Å². The zero-order valence-electron chi connectivity index (χ0n) is 11.1. The van der Waals surface area contributed by atoms with Gasteiger partial charge in [0.05, 0.1) is 11.1 Å². The van der Waals surface area contributed by atoms with Crippen LogP contribution in [0.25, 0.3) is 0 Å². The lowest BCUT2D eigenvalue weighted by molar-refractivity contribution is 0.0696. The van der Waals surface area contributed by atoms with Gasteiger partial charge in [-0.1, -0.05) is 0 Å². The number of rotatable bonds is 3. The van der Waals surface area contributed by atoms with Crippen molar-refractivity contribution in [2.45, 2.75) is 6.92 Å². The minimum Gasteiger partial charge on any atom is -0.507 e. The normalized spacial score (nSPS) is 10.2. The van der Waals surface area contributed by atoms with E-state index in [0.717, 1.165) is 18.2 Å². The van der Waals surface area contributed by atoms with Gasteiger partial charge in [-0.25, -0.2) is 9.18 Å². The second kappa shape index (κ2) is 5.62. The fourth-order valence-electron chi connectivity index (χ4n) is 1.87. The second-order valence-electron chi connectivity index (χ2n) is 4.45. The number of aromatic hydroxyl groups is 1. The molecule has 3 N–H and O–H groups in total. The van der Waals surface area contributed by atoms with Crippen molar-refractivity contribution in [2.75, 3.05) is 5.32 Å². The van der Waals surface area contributed by atoms with Gasteiger partial charge in [-0.15, -0.1) is 0 Å². The molecule has 0 fully saturated rings. The van der Waals surface area contributed by atoms with Gasteiger partial charge < -0.3 is 15.5 Å². The highest BCUT2D eigenvalue weighted by Crippen LogP contribution is 2.21. The number of nitrogens with one attached hydrogen (secondary N) is 1. The largest absolute Gasteiger partial charge is 0.507 e. The van der Waals surface area contributed by atoms with Gasteiger partial charge >= 0.3 is 5.97 Å². The van der Waals surface area contributed by atoms with E-state index in [1.165, 1.54) is 18.2 Å². The molecule has 108 valence electrons. The number of anilines is 1. The molecular formula is C15H12FNO4. The van der Waals surface area contributed by atoms with Crippen LogP contribution in [0, 0.1) is 12.7 Å². The van der Waals surface area contributed by atoms with Crippen molar-refractivity contribution in [1.82, 2.24) is 0 Å². The molecule has 0 atom stereocenters. The number of benzene rings is 2. The molecule has 5 nitrogen and oxygen atoms in total. The maximum atomic E-state index is 13.1. The molecule has 2 aromatic rings. The lowest BCUT2D eigenvalue weighted by Crippen LogP contribution is -2.13. The molecule has 21 heavy (non-hydrogen) atoms. The molecule has 0 unspecified atom stereocenters. The minimum atomic E-state index is -1.06. The number of carbonyl (C=O) groups excluding carboxylic acids is 1. The Morgan fingerprint density at radius 2 is 1.81 bits per heavy atom. The average molecular weight is 289 g/mol. The summed E-state index contributed by atoms with van der Waals surface area (Å²) in [7, 11) is 0. The van der Waals surface area contributed by atoms with Crippen LogP contribution in [0.5, 0.6) is 5.75 Å². The Hall–Kier alpha value is -2.89. The van der Waals surface area contributed by atoms with Crippen LogP contribution in [0.4, 0.5) is 10.1 Å². The molecule has 0 aliphatic carbocycles. The standard InChI is InChI=1S/C15H12FNO4/c1-8-6-10(3-4-11(8)15(20)21)17-14(19)12-7-9(16)2-5-13(12)18/h2-7,18H,1H3,(H,17,19)(H,20,21). The van der Waals surface area contributed by atoms with Crippen LogP contribution < -0.4 is 5.32 Å². The van der Waals surface area contributed by atoms with Crippen molar-refractivity contribution in [3.05, 3.63) is 58.9 Å². The number of carboxylic acid groups (broad SMARTS) is 1. The molecule has 0 radical (unpaired) electrons. The Balaban J connectivity index is 2.26. The van der Waals surface area contributed by atoms with Crippen LogP contribution in [0.2, 0.25) is 0 Å². The van der Waals surface area contributed by atoms with E-state index in [2.05, 4.69) is 5.32 Å². The molecule has 0 saturated heterocycles. The number of amides is 1. The SMILES string of the molecule is Cc1cc(NC(=O)c2cc(F)ccc2O)ccc1C(=O)O. The van der Waals surface area contributed by atoms with Crippen molar-refractivity contribution < 1.29 is 24.2 Å². The van der Waals surface area contributed by atoms with Crippen LogP contribution in [0.1, 0.15) is 26.3 Å². The number of carbonyl (C=O) groups is 2. The summed E-state index contributed by atoms with van der Waals surface area (Å²) in [5, 5.41) is 20.9. The summed E-state index contributed by atoms with van der Waals surface area (Å²) in [6, 6.07) is 7.31. The summed E-state index contributed by atoms with van der Waals surface area (Å²) in [5.74, 6) is -2.73. The fourth-order valence-corrected chi connectivity index (χ4v) is 1.87. The Kier molecular flexibility index (Phi) is 3.89. The van der Waals surface area contributed by atoms with E-state index in [-0.39, 0.29) is 16.9 Å². The van der Waals surface area contributed by atoms with Crippen LogP contribution in [-0.2, 0) is 0 Å². The number of aromatic carboxylic acids is 1. The number of aryl methyl sites for hydroxylation is 1. The van der Waals surface area contributed by atoms with E-state index in [9.17, 15) is 19.1 Å². The molecule has 2 aromatic carbocycles. The van der Waals surface area contributed by atoms with Gasteiger partial charge in [0, 0.05) is 5.69 Å². The predicted octanol–water partition coefficient (Wildman–Crippen LogP) is 2.79. The van der Waals surface area contributed by atoms with Gasteiger partial charge in [0.2, 0.25) is 0 Å². The third-order valence-corrected chi connectivity index (χ3v) is 2.92. The molecule has 0 spiro atoms. The summed E-state index contributed by atoms with van der Waals surface area (Å²) in [5.41, 5.74) is 0.756. The molecule has 0 aliphatic heterocycles. The van der Waals surface area contributed by atoms with E-state index >= 15 is 0 Å². The first-order valence-electron chi connectivity index (χ1n) is 6.02. The summed E-state index contributed by atoms with van der Waals surface area (Å²) in [6.07, 6.45) is 0. The van der Waals surface area contributed by atoms with Crippen LogP contribution in [-0.4, -0.2) is 22.1 Å². The van der Waals surface area contributed by atoms with Crippen molar-refractivity contribution >= 4 is 17.6 Å². The Labute approximate surface area is 119 Å². The number of hydrogen-bond acceptors (Lipinski definition) is 3. The topological polar surface area (TPSA) is 86.6 Å². The first-order chi connectivity index (χ1) is 9.88. The third-order valence-electron chi connectivity index (χ3n) is 2.92. The monoisotopic (exact) mass is 289 g/mol. The highest BCUT2D eigenvalue weighted by molar-refractivity contribution is 6.06. The second-order valence-corrected chi connectivity index (χ2v) is 4.45. The molecular weight excluding hydrogens is 277 g/mol. The quantitative estimate of drug-likeness (QED) is 0.811. The minimum absolute atomic E-state index is 0.126. The van der Waals surface area contributed by atoms with Crippen LogP contribution in [0.3, 0.4) is 0 Å². The number of halogens is 1. The van der Waals surface area contributed by atoms with Gasteiger partial charge in [0.1, 0.15) is 11.6 Å². The summed E-state index contributed by atoms with van der Waals surface area (Å²) in [4.78, 5) is 22.9. The van der Waals surface area contributed by atoms with Gasteiger partial charge in [-0.05, 0) is 48.9 Å². The van der Waals surface area contributed by atoms with E-state index in [4.69, 9.17) is 5.11 Å². The van der Waals surface area contributed by atoms with E-state index in [1.807, 2.05) is 0 Å². The van der Waals surface area contributed by atoms with Crippen LogP contribution in [0.15, 0.2) is 36.4 Å². The molecule has 0 heterocycles. The molecule has 1 amide bonds. The molecule has 0 bridgehead atoms. The van der Waals surface area contributed by atoms with Crippen LogP contribution >= 0.6 is 0 Å². The Morgan fingerprint density at radius 3 is 2.43 bits per heavy atom. The first-order valence-corrected chi connectivity index (χ1v) is 6.02. The average Bonchev–Trinajstić information content (AvgIpc) is 2.41. The fraction of sp³-hybridized carbons (Fsp3) is 0.0667. The number of phenols is 1. The first kappa shape index (κ1) is 14.5. The lowest BCUT2D eigenvalue weighted by Gasteiger charge is -2.09. The molecule has 0 aliphatic rings. The predicted molar refractivity (Wildman–Crippen MR) is 74.2 cm³/mol. The van der Waals surface area contributed by atoms with Gasteiger partial charge in [0.25, 0.3) is 5.91 Å². The number of carboxylic acids is 1. The van der Waals surface area contributed by atoms with Crippen molar-refractivity contribution in [2.24, 2.45) is 0 Å². The highest BCUT2D eigenvalue weighted by Gasteiger charge is 2.14. The summed E-state index contributed by atoms with van der Waals surface area (Å²) in [6.45, 7) is 1.60. The summed E-state index contributed by atoms with van der Waals surface area (Å²) >= 11 is 0. The maximum Gasteiger partial charge on any atom is 0.335 e. The van der Waals surface area contributed by atoms with E-state index in [1.54, 1.807) is 6.92 Å². The highest BCUT2D eigenvalue weighted by atomic mass is 19.1. The number of phenolic OH excluding ortho intramolecular Hbond substituents is 1. The summed E-state index contributed by atoms with van der Waals surface area (Å²) < 4.78 is 13.1. The molecule has 2 rings (SSSR count). The van der Waals surface area contributed by atoms with E-state index < -0.39 is 17.7 Å². The zero-order chi connectivity index (χ0) is 15.6.